The van der Waals surface area contributed by atoms with Gasteiger partial charge in [0.05, 0.1) is 11.5 Å². The Hall–Kier alpha value is -1.22. The van der Waals surface area contributed by atoms with Crippen LogP contribution >= 0.6 is 11.3 Å². The molecule has 0 spiro atoms. The van der Waals surface area contributed by atoms with Crippen LogP contribution in [-0.4, -0.2) is 42.7 Å². The normalized spacial score (nSPS) is 21.2. The molecule has 1 saturated heterocycles. The summed E-state index contributed by atoms with van der Waals surface area (Å²) >= 11 is 1.33. The van der Waals surface area contributed by atoms with E-state index in [-0.39, 0.29) is 23.5 Å². The van der Waals surface area contributed by atoms with Gasteiger partial charge in [0.2, 0.25) is 5.13 Å². The van der Waals surface area contributed by atoms with Crippen LogP contribution in [0.5, 0.6) is 0 Å². The van der Waals surface area contributed by atoms with Crippen LogP contribution in [0, 0.1) is 5.92 Å². The highest BCUT2D eigenvalue weighted by molar-refractivity contribution is 7.91. The van der Waals surface area contributed by atoms with Crippen molar-refractivity contribution in [1.29, 1.82) is 0 Å². The summed E-state index contributed by atoms with van der Waals surface area (Å²) in [7, 11) is -2.89. The maximum Gasteiger partial charge on any atom is 0.321 e. The van der Waals surface area contributed by atoms with Gasteiger partial charge in [0.15, 0.2) is 9.84 Å². The Bertz CT molecular complexity index is 555. The second kappa shape index (κ2) is 5.83. The van der Waals surface area contributed by atoms with Gasteiger partial charge < -0.3 is 5.32 Å². The zero-order chi connectivity index (χ0) is 13.9. The van der Waals surface area contributed by atoms with E-state index in [2.05, 4.69) is 20.8 Å². The summed E-state index contributed by atoms with van der Waals surface area (Å²) in [6.07, 6.45) is 1.39. The number of carbonyl (C=O) groups is 1. The van der Waals surface area contributed by atoms with Gasteiger partial charge in [-0.15, -0.1) is 10.2 Å². The van der Waals surface area contributed by atoms with Gasteiger partial charge in [0.1, 0.15) is 5.01 Å². The van der Waals surface area contributed by atoms with Gasteiger partial charge in [0.25, 0.3) is 0 Å². The Morgan fingerprint density at radius 2 is 2.26 bits per heavy atom. The molecule has 0 saturated carbocycles. The average molecular weight is 304 g/mol. The number of urea groups is 1. The lowest BCUT2D eigenvalue weighted by atomic mass is 10.1. The maximum atomic E-state index is 11.6. The number of nitrogens with zero attached hydrogens (tertiary/aromatic N) is 2. The molecule has 2 heterocycles. The van der Waals surface area contributed by atoms with Crippen LogP contribution in [0.4, 0.5) is 9.93 Å². The van der Waals surface area contributed by atoms with E-state index in [0.29, 0.717) is 18.1 Å². The molecule has 0 aromatic carbocycles. The highest BCUT2D eigenvalue weighted by atomic mass is 32.2. The number of hydrogen-bond donors (Lipinski definition) is 2. The van der Waals surface area contributed by atoms with Crippen molar-refractivity contribution in [2.75, 3.05) is 23.4 Å². The van der Waals surface area contributed by atoms with Gasteiger partial charge in [-0.1, -0.05) is 18.3 Å². The van der Waals surface area contributed by atoms with Gasteiger partial charge in [0, 0.05) is 6.54 Å². The van der Waals surface area contributed by atoms with E-state index in [1.54, 1.807) is 0 Å². The molecule has 9 heteroatoms. The number of aryl methyl sites for hydroxylation is 1. The van der Waals surface area contributed by atoms with Crippen LogP contribution in [0.3, 0.4) is 0 Å². The zero-order valence-corrected chi connectivity index (χ0v) is 12.2. The van der Waals surface area contributed by atoms with Gasteiger partial charge in [-0.05, 0) is 18.8 Å². The molecule has 2 rings (SSSR count). The number of hydrogen-bond acceptors (Lipinski definition) is 6. The van der Waals surface area contributed by atoms with Crippen molar-refractivity contribution in [1.82, 2.24) is 15.5 Å². The van der Waals surface area contributed by atoms with Crippen molar-refractivity contribution < 1.29 is 13.2 Å². The fourth-order valence-electron chi connectivity index (χ4n) is 1.86. The van der Waals surface area contributed by atoms with E-state index in [0.717, 1.165) is 11.4 Å². The fourth-order valence-corrected chi connectivity index (χ4v) is 4.39. The minimum atomic E-state index is -2.89. The second-order valence-corrected chi connectivity index (χ2v) is 7.75. The van der Waals surface area contributed by atoms with Crippen molar-refractivity contribution in [3.8, 4) is 0 Å². The van der Waals surface area contributed by atoms with Crippen molar-refractivity contribution in [2.24, 2.45) is 5.92 Å². The molecule has 2 amide bonds. The van der Waals surface area contributed by atoms with E-state index in [1.165, 1.54) is 11.3 Å². The van der Waals surface area contributed by atoms with Gasteiger partial charge in [-0.3, -0.25) is 5.32 Å². The lowest BCUT2D eigenvalue weighted by Crippen LogP contribution is -2.33. The quantitative estimate of drug-likeness (QED) is 0.851. The Morgan fingerprint density at radius 1 is 1.47 bits per heavy atom. The first-order chi connectivity index (χ1) is 8.98. The molecule has 0 radical (unpaired) electrons. The number of nitrogens with one attached hydrogen (secondary N) is 2. The first kappa shape index (κ1) is 14.2. The van der Waals surface area contributed by atoms with Crippen LogP contribution in [0.2, 0.25) is 0 Å². The SMILES string of the molecule is CCc1nnc(NC(=O)NC[C@@H]2CCS(=O)(=O)C2)s1. The van der Waals surface area contributed by atoms with Crippen LogP contribution < -0.4 is 10.6 Å². The van der Waals surface area contributed by atoms with E-state index in [9.17, 15) is 13.2 Å². The van der Waals surface area contributed by atoms with Crippen LogP contribution in [-0.2, 0) is 16.3 Å². The number of aromatic nitrogens is 2. The number of carbonyl (C=O) groups excluding carboxylic acids is 1. The molecule has 1 aliphatic rings. The van der Waals surface area contributed by atoms with Crippen LogP contribution in [0.25, 0.3) is 0 Å². The molecule has 0 aliphatic carbocycles. The minimum Gasteiger partial charge on any atom is -0.337 e. The number of amides is 2. The highest BCUT2D eigenvalue weighted by Crippen LogP contribution is 2.18. The third-order valence-corrected chi connectivity index (χ3v) is 5.69. The summed E-state index contributed by atoms with van der Waals surface area (Å²) in [5, 5.41) is 14.3. The molecule has 1 aliphatic heterocycles. The zero-order valence-electron chi connectivity index (χ0n) is 10.5. The summed E-state index contributed by atoms with van der Waals surface area (Å²) in [5.41, 5.74) is 0. The lowest BCUT2D eigenvalue weighted by Gasteiger charge is -2.09. The molecule has 1 aromatic heterocycles. The summed E-state index contributed by atoms with van der Waals surface area (Å²) in [6, 6.07) is -0.372. The first-order valence-corrected chi connectivity index (χ1v) is 8.70. The largest absolute Gasteiger partial charge is 0.337 e. The fraction of sp³-hybridized carbons (Fsp3) is 0.700. The predicted molar refractivity (Wildman–Crippen MR) is 73.1 cm³/mol. The van der Waals surface area contributed by atoms with E-state index >= 15 is 0 Å². The van der Waals surface area contributed by atoms with E-state index < -0.39 is 9.84 Å². The second-order valence-electron chi connectivity index (χ2n) is 4.46. The molecule has 1 atom stereocenters. The van der Waals surface area contributed by atoms with Gasteiger partial charge in [-0.2, -0.15) is 0 Å². The molecule has 2 N–H and O–H groups in total. The summed E-state index contributed by atoms with van der Waals surface area (Å²) in [6.45, 7) is 2.33. The summed E-state index contributed by atoms with van der Waals surface area (Å²) in [4.78, 5) is 11.6. The predicted octanol–water partition coefficient (Wildman–Crippen LogP) is 0.657. The number of rotatable bonds is 4. The van der Waals surface area contributed by atoms with Crippen molar-refractivity contribution >= 4 is 32.3 Å². The molecule has 1 fully saturated rings. The third-order valence-electron chi connectivity index (χ3n) is 2.87. The standard InChI is InChI=1S/C10H16N4O3S2/c1-2-8-13-14-10(18-8)12-9(15)11-5-7-3-4-19(16,17)6-7/h7H,2-6H2,1H3,(H2,11,12,14,15)/t7-/m0/s1. The van der Waals surface area contributed by atoms with Crippen LogP contribution in [0.15, 0.2) is 0 Å². The Morgan fingerprint density at radius 3 is 2.84 bits per heavy atom. The molecule has 0 unspecified atom stereocenters. The first-order valence-electron chi connectivity index (χ1n) is 6.06. The maximum absolute atomic E-state index is 11.6. The Balaban J connectivity index is 1.76. The Labute approximate surface area is 115 Å². The summed E-state index contributed by atoms with van der Waals surface area (Å²) in [5.74, 6) is 0.389. The average Bonchev–Trinajstić information content (AvgIpc) is 2.93. The molecule has 1 aromatic rings. The minimum absolute atomic E-state index is 0.0105. The third kappa shape index (κ3) is 4.13. The smallest absolute Gasteiger partial charge is 0.321 e. The van der Waals surface area contributed by atoms with E-state index in [1.807, 2.05) is 6.92 Å². The van der Waals surface area contributed by atoms with E-state index in [4.69, 9.17) is 0 Å². The topological polar surface area (TPSA) is 101 Å². The van der Waals surface area contributed by atoms with Crippen molar-refractivity contribution in [2.45, 2.75) is 19.8 Å². The lowest BCUT2D eigenvalue weighted by molar-refractivity contribution is 0.250. The number of sulfone groups is 1. The highest BCUT2D eigenvalue weighted by Gasteiger charge is 2.27. The molecular formula is C10H16N4O3S2. The van der Waals surface area contributed by atoms with Gasteiger partial charge in [-0.25, -0.2) is 13.2 Å². The van der Waals surface area contributed by atoms with Crippen molar-refractivity contribution in [3.63, 3.8) is 0 Å². The number of anilines is 1. The molecule has 0 bridgehead atoms. The molecule has 19 heavy (non-hydrogen) atoms. The monoisotopic (exact) mass is 304 g/mol. The van der Waals surface area contributed by atoms with Gasteiger partial charge >= 0.3 is 6.03 Å². The Kier molecular flexibility index (Phi) is 4.35. The molecule has 7 nitrogen and oxygen atoms in total. The molecule has 106 valence electrons. The van der Waals surface area contributed by atoms with Crippen LogP contribution in [0.1, 0.15) is 18.4 Å². The molecular weight excluding hydrogens is 288 g/mol. The summed E-state index contributed by atoms with van der Waals surface area (Å²) < 4.78 is 22.5. The van der Waals surface area contributed by atoms with Crippen molar-refractivity contribution in [3.05, 3.63) is 5.01 Å².